The van der Waals surface area contributed by atoms with Gasteiger partial charge in [-0.05, 0) is 6.07 Å². The molecule has 1 N–H and O–H groups in total. The molecule has 96 valence electrons. The van der Waals surface area contributed by atoms with Crippen LogP contribution in [0.15, 0.2) is 16.8 Å². The van der Waals surface area contributed by atoms with Gasteiger partial charge in [-0.1, -0.05) is 0 Å². The Bertz CT molecular complexity index is 684. The normalized spacial score (nSPS) is 11.6. The van der Waals surface area contributed by atoms with E-state index in [1.54, 1.807) is 5.38 Å². The summed E-state index contributed by atoms with van der Waals surface area (Å²) in [6.07, 6.45) is 1.15. The van der Waals surface area contributed by atoms with E-state index < -0.39 is 15.8 Å². The molecule has 2 heterocycles. The Kier molecular flexibility index (Phi) is 3.51. The number of carbonyl (C=O) groups is 1. The number of rotatable bonds is 4. The highest BCUT2D eigenvalue weighted by Crippen LogP contribution is 2.28. The Morgan fingerprint density at radius 2 is 2.11 bits per heavy atom. The quantitative estimate of drug-likeness (QED) is 0.935. The van der Waals surface area contributed by atoms with Crippen LogP contribution in [0.5, 0.6) is 0 Å². The van der Waals surface area contributed by atoms with Gasteiger partial charge in [-0.25, -0.2) is 18.2 Å². The lowest BCUT2D eigenvalue weighted by atomic mass is 10.3. The summed E-state index contributed by atoms with van der Waals surface area (Å²) < 4.78 is 22.3. The second-order valence-corrected chi connectivity index (χ2v) is 7.70. The van der Waals surface area contributed by atoms with Crippen LogP contribution in [0.4, 0.5) is 0 Å². The van der Waals surface area contributed by atoms with Gasteiger partial charge in [0.2, 0.25) is 0 Å². The molecule has 0 spiro atoms. The highest BCUT2D eigenvalue weighted by Gasteiger charge is 2.13. The number of nitrogens with zero attached hydrogens (tertiary/aromatic N) is 1. The molecule has 0 fully saturated rings. The molecule has 8 heteroatoms. The minimum absolute atomic E-state index is 0.0885. The van der Waals surface area contributed by atoms with E-state index in [-0.39, 0.29) is 11.3 Å². The molecular weight excluding hydrogens is 294 g/mol. The van der Waals surface area contributed by atoms with Crippen molar-refractivity contribution in [2.45, 2.75) is 5.75 Å². The molecule has 0 saturated carbocycles. The van der Waals surface area contributed by atoms with Crippen molar-refractivity contribution in [2.24, 2.45) is 0 Å². The molecule has 2 aromatic heterocycles. The standard InChI is InChI=1S/C10H9NO4S3/c1-18(14,15)5-9-11-7(4-17-9)8-2-6(3-16-8)10(12)13/h2-4H,5H2,1H3,(H,12,13). The topological polar surface area (TPSA) is 84.3 Å². The van der Waals surface area contributed by atoms with Crippen LogP contribution in [0.2, 0.25) is 0 Å². The lowest BCUT2D eigenvalue weighted by Crippen LogP contribution is -1.99. The first kappa shape index (κ1) is 13.2. The van der Waals surface area contributed by atoms with Gasteiger partial charge in [0.25, 0.3) is 0 Å². The van der Waals surface area contributed by atoms with Gasteiger partial charge in [0, 0.05) is 17.0 Å². The van der Waals surface area contributed by atoms with Gasteiger partial charge in [-0.15, -0.1) is 22.7 Å². The molecule has 0 aliphatic heterocycles. The van der Waals surface area contributed by atoms with E-state index in [0.717, 1.165) is 11.1 Å². The van der Waals surface area contributed by atoms with Gasteiger partial charge in [-0.3, -0.25) is 0 Å². The lowest BCUT2D eigenvalue weighted by molar-refractivity contribution is 0.0697. The number of thiazole rings is 1. The molecule has 2 rings (SSSR count). The summed E-state index contributed by atoms with van der Waals surface area (Å²) in [5.41, 5.74) is 0.837. The van der Waals surface area contributed by atoms with Crippen LogP contribution in [-0.4, -0.2) is 30.7 Å². The minimum atomic E-state index is -3.10. The molecule has 5 nitrogen and oxygen atoms in total. The predicted octanol–water partition coefficient (Wildman–Crippen LogP) is 2.11. The summed E-state index contributed by atoms with van der Waals surface area (Å²) in [6.45, 7) is 0. The number of thiophene rings is 1. The number of aromatic nitrogens is 1. The third kappa shape index (κ3) is 3.15. The fraction of sp³-hybridized carbons (Fsp3) is 0.200. The number of aromatic carboxylic acids is 1. The Morgan fingerprint density at radius 1 is 1.39 bits per heavy atom. The molecule has 0 radical (unpaired) electrons. The molecule has 2 aromatic rings. The predicted molar refractivity (Wildman–Crippen MR) is 70.9 cm³/mol. The van der Waals surface area contributed by atoms with E-state index in [0.29, 0.717) is 10.7 Å². The van der Waals surface area contributed by atoms with Crippen LogP contribution in [0.3, 0.4) is 0 Å². The van der Waals surface area contributed by atoms with Crippen molar-refractivity contribution >= 4 is 38.5 Å². The third-order valence-corrected chi connectivity index (χ3v) is 4.82. The van der Waals surface area contributed by atoms with Crippen molar-refractivity contribution in [3.05, 3.63) is 27.4 Å². The van der Waals surface area contributed by atoms with E-state index in [1.807, 2.05) is 0 Å². The summed E-state index contributed by atoms with van der Waals surface area (Å²) in [5.74, 6) is -1.07. The van der Waals surface area contributed by atoms with E-state index in [9.17, 15) is 13.2 Å². The Morgan fingerprint density at radius 3 is 2.67 bits per heavy atom. The maximum Gasteiger partial charge on any atom is 0.336 e. The maximum absolute atomic E-state index is 11.1. The minimum Gasteiger partial charge on any atom is -0.478 e. The molecule has 18 heavy (non-hydrogen) atoms. The highest BCUT2D eigenvalue weighted by molar-refractivity contribution is 7.90. The van der Waals surface area contributed by atoms with Crippen molar-refractivity contribution in [1.82, 2.24) is 4.98 Å². The summed E-state index contributed by atoms with van der Waals surface area (Å²) in [4.78, 5) is 15.7. The van der Waals surface area contributed by atoms with Crippen LogP contribution in [0.25, 0.3) is 10.6 Å². The van der Waals surface area contributed by atoms with Crippen LogP contribution in [-0.2, 0) is 15.6 Å². The molecule has 0 amide bonds. The van der Waals surface area contributed by atoms with Crippen molar-refractivity contribution in [3.63, 3.8) is 0 Å². The first-order valence-electron chi connectivity index (χ1n) is 4.79. The zero-order chi connectivity index (χ0) is 13.3. The van der Waals surface area contributed by atoms with Crippen LogP contribution in [0.1, 0.15) is 15.4 Å². The van der Waals surface area contributed by atoms with Crippen molar-refractivity contribution in [3.8, 4) is 10.6 Å². The Balaban J connectivity index is 2.26. The van der Waals surface area contributed by atoms with E-state index in [4.69, 9.17) is 5.11 Å². The van der Waals surface area contributed by atoms with Crippen molar-refractivity contribution in [2.75, 3.05) is 6.26 Å². The molecule has 0 aliphatic rings. The monoisotopic (exact) mass is 303 g/mol. The van der Waals surface area contributed by atoms with E-state index in [1.165, 1.54) is 34.1 Å². The molecule has 0 atom stereocenters. The first-order valence-corrected chi connectivity index (χ1v) is 8.61. The second-order valence-electron chi connectivity index (χ2n) is 3.70. The molecule has 0 aliphatic carbocycles. The number of carboxylic acids is 1. The molecular formula is C10H9NO4S3. The van der Waals surface area contributed by atoms with Crippen LogP contribution < -0.4 is 0 Å². The molecule has 0 bridgehead atoms. The average Bonchev–Trinajstić information content (AvgIpc) is 2.81. The number of hydrogen-bond acceptors (Lipinski definition) is 6. The van der Waals surface area contributed by atoms with Gasteiger partial charge in [0.15, 0.2) is 9.84 Å². The van der Waals surface area contributed by atoms with E-state index >= 15 is 0 Å². The summed E-state index contributed by atoms with van der Waals surface area (Å²) >= 11 is 2.53. The third-order valence-electron chi connectivity index (χ3n) is 2.04. The zero-order valence-electron chi connectivity index (χ0n) is 9.28. The maximum atomic E-state index is 11.1. The SMILES string of the molecule is CS(=O)(=O)Cc1nc(-c2cc(C(=O)O)cs2)cs1. The fourth-order valence-electron chi connectivity index (χ4n) is 1.30. The van der Waals surface area contributed by atoms with Gasteiger partial charge in [0.1, 0.15) is 10.8 Å². The number of carboxylic acid groups (broad SMARTS) is 1. The smallest absolute Gasteiger partial charge is 0.336 e. The first-order chi connectivity index (χ1) is 8.35. The summed E-state index contributed by atoms with van der Waals surface area (Å²) in [6, 6.07) is 1.53. The second kappa shape index (κ2) is 4.79. The van der Waals surface area contributed by atoms with Crippen LogP contribution >= 0.6 is 22.7 Å². The average molecular weight is 303 g/mol. The van der Waals surface area contributed by atoms with Crippen molar-refractivity contribution < 1.29 is 18.3 Å². The Hall–Kier alpha value is -1.25. The Labute approximate surface area is 112 Å². The van der Waals surface area contributed by atoms with Crippen molar-refractivity contribution in [1.29, 1.82) is 0 Å². The molecule has 0 unspecified atom stereocenters. The molecule has 0 aromatic carbocycles. The number of hydrogen-bond donors (Lipinski definition) is 1. The number of sulfone groups is 1. The van der Waals surface area contributed by atoms with Gasteiger partial charge >= 0.3 is 5.97 Å². The summed E-state index contributed by atoms with van der Waals surface area (Å²) in [7, 11) is -3.10. The largest absolute Gasteiger partial charge is 0.478 e. The van der Waals surface area contributed by atoms with Gasteiger partial charge in [0.05, 0.1) is 16.1 Å². The van der Waals surface area contributed by atoms with Gasteiger partial charge < -0.3 is 5.11 Å². The highest BCUT2D eigenvalue weighted by atomic mass is 32.2. The van der Waals surface area contributed by atoms with Crippen LogP contribution in [0, 0.1) is 0 Å². The zero-order valence-corrected chi connectivity index (χ0v) is 11.7. The lowest BCUT2D eigenvalue weighted by Gasteiger charge is -1.92. The van der Waals surface area contributed by atoms with Gasteiger partial charge in [-0.2, -0.15) is 0 Å². The molecule has 0 saturated heterocycles. The summed E-state index contributed by atoms with van der Waals surface area (Å²) in [5, 5.41) is 12.6. The van der Waals surface area contributed by atoms with E-state index in [2.05, 4.69) is 4.98 Å². The fourth-order valence-corrected chi connectivity index (χ4v) is 4.22.